The first-order chi connectivity index (χ1) is 12.7. The highest BCUT2D eigenvalue weighted by atomic mass is 16.5. The number of methoxy groups -OCH3 is 1. The van der Waals surface area contributed by atoms with Crippen molar-refractivity contribution in [3.63, 3.8) is 0 Å². The molecule has 0 saturated heterocycles. The van der Waals surface area contributed by atoms with Crippen LogP contribution in [0.15, 0.2) is 60.7 Å². The van der Waals surface area contributed by atoms with Gasteiger partial charge >= 0.3 is 0 Å². The second-order valence-corrected chi connectivity index (χ2v) is 6.40. The van der Waals surface area contributed by atoms with Crippen molar-refractivity contribution in [2.75, 3.05) is 18.6 Å². The molecule has 0 saturated carbocycles. The first kappa shape index (κ1) is 16.2. The maximum absolute atomic E-state index is 12.9. The van der Waals surface area contributed by atoms with Gasteiger partial charge in [0, 0.05) is 23.6 Å². The Morgan fingerprint density at radius 2 is 1.88 bits per heavy atom. The number of para-hydroxylation sites is 1. The van der Waals surface area contributed by atoms with E-state index in [1.807, 2.05) is 42.5 Å². The van der Waals surface area contributed by atoms with Crippen molar-refractivity contribution < 1.29 is 9.53 Å². The van der Waals surface area contributed by atoms with Crippen LogP contribution in [0.1, 0.15) is 23.5 Å². The zero-order chi connectivity index (χ0) is 18.1. The average Bonchev–Trinajstić information content (AvgIpc) is 2.69. The largest absolute Gasteiger partial charge is 0.496 e. The monoisotopic (exact) mass is 341 g/mol. The van der Waals surface area contributed by atoms with Crippen molar-refractivity contribution in [1.82, 2.24) is 0 Å². The predicted octanol–water partition coefficient (Wildman–Crippen LogP) is 4.35. The standard InChI is InChI=1S/C23H19NO2/c1-3-14-24-20-13-12-16-8-4-5-9-17(16)23(20)19(15-22(24)25)18-10-6-7-11-21(18)26-2/h1,4-13,19H,14-15H2,2H3. The van der Waals surface area contributed by atoms with Crippen LogP contribution in [-0.4, -0.2) is 19.6 Å². The second-order valence-electron chi connectivity index (χ2n) is 6.40. The highest BCUT2D eigenvalue weighted by molar-refractivity contribution is 6.03. The third-order valence-electron chi connectivity index (χ3n) is 5.03. The molecule has 0 N–H and O–H groups in total. The van der Waals surface area contributed by atoms with E-state index in [4.69, 9.17) is 11.2 Å². The van der Waals surface area contributed by atoms with E-state index in [1.165, 1.54) is 0 Å². The van der Waals surface area contributed by atoms with Crippen LogP contribution in [0.2, 0.25) is 0 Å². The van der Waals surface area contributed by atoms with Crippen molar-refractivity contribution in [1.29, 1.82) is 0 Å². The van der Waals surface area contributed by atoms with Crippen molar-refractivity contribution in [3.8, 4) is 18.1 Å². The Hall–Kier alpha value is -3.25. The van der Waals surface area contributed by atoms with Crippen LogP contribution in [0.25, 0.3) is 10.8 Å². The van der Waals surface area contributed by atoms with Crippen LogP contribution in [0.3, 0.4) is 0 Å². The highest BCUT2D eigenvalue weighted by Gasteiger charge is 2.34. The van der Waals surface area contributed by atoms with Gasteiger partial charge in [0.15, 0.2) is 0 Å². The molecule has 1 unspecified atom stereocenters. The van der Waals surface area contributed by atoms with Gasteiger partial charge in [0.05, 0.1) is 13.7 Å². The zero-order valence-electron chi connectivity index (χ0n) is 14.6. The molecule has 128 valence electrons. The maximum atomic E-state index is 12.9. The Bertz CT molecular complexity index is 1030. The van der Waals surface area contributed by atoms with Crippen molar-refractivity contribution in [2.45, 2.75) is 12.3 Å². The summed E-state index contributed by atoms with van der Waals surface area (Å²) in [7, 11) is 1.66. The van der Waals surface area contributed by atoms with Gasteiger partial charge < -0.3 is 9.64 Å². The lowest BCUT2D eigenvalue weighted by molar-refractivity contribution is -0.119. The number of rotatable bonds is 3. The van der Waals surface area contributed by atoms with E-state index in [-0.39, 0.29) is 18.4 Å². The molecule has 1 aliphatic rings. The molecule has 1 atom stereocenters. The molecule has 1 heterocycles. The first-order valence-electron chi connectivity index (χ1n) is 8.63. The number of hydrogen-bond donors (Lipinski definition) is 0. The Morgan fingerprint density at radius 1 is 1.12 bits per heavy atom. The van der Waals surface area contributed by atoms with E-state index in [1.54, 1.807) is 12.0 Å². The number of ether oxygens (including phenoxy) is 1. The average molecular weight is 341 g/mol. The Kier molecular flexibility index (Phi) is 4.10. The van der Waals surface area contributed by atoms with Gasteiger partial charge in [-0.15, -0.1) is 6.42 Å². The summed E-state index contributed by atoms with van der Waals surface area (Å²) in [5.41, 5.74) is 3.07. The summed E-state index contributed by atoms with van der Waals surface area (Å²) in [6, 6.07) is 20.2. The van der Waals surface area contributed by atoms with E-state index in [9.17, 15) is 4.79 Å². The van der Waals surface area contributed by atoms with Crippen LogP contribution in [-0.2, 0) is 4.79 Å². The summed E-state index contributed by atoms with van der Waals surface area (Å²) in [5, 5.41) is 2.30. The van der Waals surface area contributed by atoms with Gasteiger partial charge in [-0.1, -0.05) is 54.5 Å². The summed E-state index contributed by atoms with van der Waals surface area (Å²) in [6.07, 6.45) is 5.90. The van der Waals surface area contributed by atoms with Crippen molar-refractivity contribution in [3.05, 3.63) is 71.8 Å². The molecular formula is C23H19NO2. The number of amides is 1. The predicted molar refractivity (Wildman–Crippen MR) is 105 cm³/mol. The van der Waals surface area contributed by atoms with Gasteiger partial charge in [-0.3, -0.25) is 4.79 Å². The van der Waals surface area contributed by atoms with Gasteiger partial charge in [-0.05, 0) is 28.5 Å². The summed E-state index contributed by atoms with van der Waals surface area (Å²) in [5.74, 6) is 3.40. The number of anilines is 1. The molecule has 3 aromatic rings. The molecule has 1 aliphatic heterocycles. The molecule has 3 aromatic carbocycles. The lowest BCUT2D eigenvalue weighted by atomic mass is 9.81. The molecule has 0 aliphatic carbocycles. The molecule has 0 radical (unpaired) electrons. The molecule has 0 spiro atoms. The van der Waals surface area contributed by atoms with Gasteiger partial charge in [0.1, 0.15) is 5.75 Å². The lowest BCUT2D eigenvalue weighted by Crippen LogP contribution is -2.37. The minimum absolute atomic E-state index is 0.0432. The molecule has 4 rings (SSSR count). The van der Waals surface area contributed by atoms with Gasteiger partial charge in [-0.2, -0.15) is 0 Å². The smallest absolute Gasteiger partial charge is 0.228 e. The number of carbonyl (C=O) groups excluding carboxylic acids is 1. The van der Waals surface area contributed by atoms with Gasteiger partial charge in [-0.25, -0.2) is 0 Å². The van der Waals surface area contributed by atoms with E-state index in [2.05, 4.69) is 24.1 Å². The number of terminal acetylenes is 1. The number of benzene rings is 3. The Morgan fingerprint density at radius 3 is 2.69 bits per heavy atom. The zero-order valence-corrected chi connectivity index (χ0v) is 14.6. The molecular weight excluding hydrogens is 322 g/mol. The SMILES string of the molecule is C#CCN1C(=O)CC(c2ccccc2OC)c2c1ccc1ccccc21. The third kappa shape index (κ3) is 2.51. The van der Waals surface area contributed by atoms with E-state index < -0.39 is 0 Å². The molecule has 3 nitrogen and oxygen atoms in total. The third-order valence-corrected chi connectivity index (χ3v) is 5.03. The van der Waals surface area contributed by atoms with Gasteiger partial charge in [0.2, 0.25) is 5.91 Å². The lowest BCUT2D eigenvalue weighted by Gasteiger charge is -2.34. The molecule has 3 heteroatoms. The molecule has 0 bridgehead atoms. The van der Waals surface area contributed by atoms with Crippen molar-refractivity contribution >= 4 is 22.4 Å². The fourth-order valence-corrected chi connectivity index (χ4v) is 3.89. The van der Waals surface area contributed by atoms with Crippen LogP contribution < -0.4 is 9.64 Å². The Labute approximate surface area is 153 Å². The summed E-state index contributed by atoms with van der Waals surface area (Å²) in [4.78, 5) is 14.6. The van der Waals surface area contributed by atoms with E-state index >= 15 is 0 Å². The van der Waals surface area contributed by atoms with Crippen LogP contribution >= 0.6 is 0 Å². The van der Waals surface area contributed by atoms with Crippen LogP contribution in [0.5, 0.6) is 5.75 Å². The first-order valence-corrected chi connectivity index (χ1v) is 8.63. The van der Waals surface area contributed by atoms with Gasteiger partial charge in [0.25, 0.3) is 0 Å². The van der Waals surface area contributed by atoms with Crippen molar-refractivity contribution in [2.24, 2.45) is 0 Å². The fraction of sp³-hybridized carbons (Fsp3) is 0.174. The molecule has 0 aromatic heterocycles. The number of fused-ring (bicyclic) bond motifs is 3. The second kappa shape index (κ2) is 6.57. The van der Waals surface area contributed by atoms with E-state index in [0.717, 1.165) is 33.3 Å². The van der Waals surface area contributed by atoms with Crippen LogP contribution in [0.4, 0.5) is 5.69 Å². The number of hydrogen-bond acceptors (Lipinski definition) is 2. The van der Waals surface area contributed by atoms with E-state index in [0.29, 0.717) is 6.42 Å². The normalized spacial score (nSPS) is 16.2. The quantitative estimate of drug-likeness (QED) is 0.663. The fourth-order valence-electron chi connectivity index (χ4n) is 3.89. The topological polar surface area (TPSA) is 29.5 Å². The van der Waals surface area contributed by atoms with Crippen LogP contribution in [0, 0.1) is 12.3 Å². The molecule has 26 heavy (non-hydrogen) atoms. The molecule has 0 fully saturated rings. The number of nitrogens with zero attached hydrogens (tertiary/aromatic N) is 1. The Balaban J connectivity index is 2.01. The minimum atomic E-state index is -0.0613. The molecule has 1 amide bonds. The minimum Gasteiger partial charge on any atom is -0.496 e. The number of carbonyl (C=O) groups is 1. The summed E-state index contributed by atoms with van der Waals surface area (Å²) in [6.45, 7) is 0.281. The highest BCUT2D eigenvalue weighted by Crippen LogP contribution is 2.45. The summed E-state index contributed by atoms with van der Waals surface area (Å²) < 4.78 is 5.58. The summed E-state index contributed by atoms with van der Waals surface area (Å²) >= 11 is 0. The maximum Gasteiger partial charge on any atom is 0.228 e.